The topological polar surface area (TPSA) is 63.7 Å². The summed E-state index contributed by atoms with van der Waals surface area (Å²) >= 11 is 0. The Kier molecular flexibility index (Phi) is 5.23. The maximum atomic E-state index is 14.6. The largest absolute Gasteiger partial charge is 0.497 e. The van der Waals surface area contributed by atoms with E-state index >= 15 is 0 Å². The fourth-order valence-corrected chi connectivity index (χ4v) is 7.36. The smallest absolute Gasteiger partial charge is 0.239 e. The summed E-state index contributed by atoms with van der Waals surface area (Å²) in [7, 11) is 1.56. The summed E-state index contributed by atoms with van der Waals surface area (Å²) in [5.41, 5.74) is 1.94. The first-order valence-electron chi connectivity index (χ1n) is 12.8. The van der Waals surface area contributed by atoms with E-state index in [1.807, 2.05) is 74.5 Å². The fraction of sp³-hybridized carbons (Fsp3) is 0.281. The van der Waals surface area contributed by atoms with Crippen LogP contribution in [0.2, 0.25) is 0 Å². The van der Waals surface area contributed by atoms with Crippen LogP contribution >= 0.6 is 0 Å². The number of methoxy groups -OCH3 is 1. The number of allylic oxidation sites excluding steroid dienone is 2. The van der Waals surface area contributed by atoms with Crippen molar-refractivity contribution in [3.8, 4) is 5.75 Å². The lowest BCUT2D eigenvalue weighted by molar-refractivity contribution is -0.134. The highest BCUT2D eigenvalue weighted by Crippen LogP contribution is 2.75. The third-order valence-corrected chi connectivity index (χ3v) is 8.63. The van der Waals surface area contributed by atoms with Gasteiger partial charge >= 0.3 is 0 Å². The fourth-order valence-electron chi connectivity index (χ4n) is 7.36. The summed E-state index contributed by atoms with van der Waals surface area (Å²) in [5, 5.41) is 0. The molecule has 5 nitrogen and oxygen atoms in total. The Labute approximate surface area is 216 Å². The molecule has 1 saturated heterocycles. The number of carbonyl (C=O) groups is 3. The second-order valence-corrected chi connectivity index (χ2v) is 10.4. The van der Waals surface area contributed by atoms with E-state index in [0.717, 1.165) is 22.3 Å². The van der Waals surface area contributed by atoms with Crippen LogP contribution in [0.1, 0.15) is 37.8 Å². The number of nitrogens with zero attached hydrogens (tertiary/aromatic N) is 1. The van der Waals surface area contributed by atoms with Crippen LogP contribution in [-0.2, 0) is 14.4 Å². The first kappa shape index (κ1) is 23.4. The number of Topliss-reactive ketones (excluding diaryl/α,β-unsaturated/α-hetero) is 1. The van der Waals surface area contributed by atoms with Gasteiger partial charge in [-0.2, -0.15) is 0 Å². The van der Waals surface area contributed by atoms with Crippen LogP contribution in [0.4, 0.5) is 5.69 Å². The number of hydrogen-bond acceptors (Lipinski definition) is 4. The lowest BCUT2D eigenvalue weighted by atomic mass is 9.61. The molecule has 0 unspecified atom stereocenters. The monoisotopic (exact) mass is 491 g/mol. The van der Waals surface area contributed by atoms with E-state index in [1.165, 1.54) is 4.90 Å². The number of hydrogen-bond donors (Lipinski definition) is 0. The Balaban J connectivity index is 1.64. The van der Waals surface area contributed by atoms with Crippen molar-refractivity contribution in [2.45, 2.75) is 26.7 Å². The van der Waals surface area contributed by atoms with Gasteiger partial charge in [0.1, 0.15) is 5.75 Å². The highest BCUT2D eigenvalue weighted by atomic mass is 16.5. The molecule has 37 heavy (non-hydrogen) atoms. The van der Waals surface area contributed by atoms with Gasteiger partial charge in [-0.15, -0.1) is 0 Å². The number of ether oxygens (including phenoxy) is 1. The normalized spacial score (nSPS) is 28.3. The number of amides is 2. The number of carbonyl (C=O) groups excluding carboxylic acids is 3. The molecule has 2 aliphatic carbocycles. The molecule has 0 spiro atoms. The highest BCUT2D eigenvalue weighted by Gasteiger charge is 2.80. The third-order valence-electron chi connectivity index (χ3n) is 8.63. The molecule has 2 amide bonds. The Hall–Kier alpha value is -3.99. The number of ketones is 1. The summed E-state index contributed by atoms with van der Waals surface area (Å²) in [6, 6.07) is 26.8. The van der Waals surface area contributed by atoms with Gasteiger partial charge in [0.15, 0.2) is 5.78 Å². The SMILES string of the molecule is CCC[C@@]12C(=O)[C@@](C)(C(c3ccccc3)=C1c1ccccc1)[C@H]1C(=O)N(c3cccc(OC)c3)C(=O)[C@@H]12. The summed E-state index contributed by atoms with van der Waals surface area (Å²) in [5.74, 6) is -1.54. The van der Waals surface area contributed by atoms with E-state index in [-0.39, 0.29) is 17.6 Å². The molecular formula is C32H29NO4. The van der Waals surface area contributed by atoms with Crippen molar-refractivity contribution in [1.82, 2.24) is 0 Å². The van der Waals surface area contributed by atoms with Gasteiger partial charge in [0.25, 0.3) is 0 Å². The molecule has 0 N–H and O–H groups in total. The Bertz CT molecular complexity index is 1460. The molecule has 4 atom stereocenters. The molecule has 1 saturated carbocycles. The van der Waals surface area contributed by atoms with Gasteiger partial charge in [0.2, 0.25) is 11.8 Å². The lowest BCUT2D eigenvalue weighted by Gasteiger charge is -2.37. The third kappa shape index (κ3) is 2.88. The van der Waals surface area contributed by atoms with Gasteiger partial charge in [-0.25, -0.2) is 4.90 Å². The van der Waals surface area contributed by atoms with E-state index in [1.54, 1.807) is 31.4 Å². The van der Waals surface area contributed by atoms with E-state index in [9.17, 15) is 14.4 Å². The van der Waals surface area contributed by atoms with Gasteiger partial charge in [-0.3, -0.25) is 14.4 Å². The number of anilines is 1. The zero-order chi connectivity index (χ0) is 25.9. The van der Waals surface area contributed by atoms with Gasteiger partial charge in [0, 0.05) is 6.07 Å². The summed E-state index contributed by atoms with van der Waals surface area (Å²) in [6.45, 7) is 3.93. The second-order valence-electron chi connectivity index (χ2n) is 10.4. The van der Waals surface area contributed by atoms with Crippen LogP contribution in [-0.4, -0.2) is 24.7 Å². The zero-order valence-electron chi connectivity index (χ0n) is 21.2. The van der Waals surface area contributed by atoms with Crippen molar-refractivity contribution in [3.05, 3.63) is 96.1 Å². The second kappa shape index (κ2) is 8.27. The van der Waals surface area contributed by atoms with Crippen LogP contribution in [0.25, 0.3) is 11.1 Å². The van der Waals surface area contributed by atoms with Crippen molar-refractivity contribution in [2.24, 2.45) is 22.7 Å². The molecule has 3 aliphatic rings. The molecule has 6 rings (SSSR count). The van der Waals surface area contributed by atoms with Crippen LogP contribution in [0, 0.1) is 22.7 Å². The molecular weight excluding hydrogens is 462 g/mol. The van der Waals surface area contributed by atoms with Crippen LogP contribution in [0.15, 0.2) is 84.9 Å². The maximum absolute atomic E-state index is 14.6. The number of imide groups is 1. The van der Waals surface area contributed by atoms with Crippen molar-refractivity contribution in [3.63, 3.8) is 0 Å². The number of benzene rings is 3. The molecule has 5 heteroatoms. The molecule has 0 aromatic heterocycles. The molecule has 1 heterocycles. The molecule has 2 fully saturated rings. The predicted octanol–water partition coefficient (Wildman–Crippen LogP) is 5.80. The summed E-state index contributed by atoms with van der Waals surface area (Å²) < 4.78 is 5.37. The molecule has 1 aliphatic heterocycles. The van der Waals surface area contributed by atoms with Crippen LogP contribution < -0.4 is 9.64 Å². The van der Waals surface area contributed by atoms with Crippen molar-refractivity contribution in [2.75, 3.05) is 12.0 Å². The quantitative estimate of drug-likeness (QED) is 0.409. The minimum Gasteiger partial charge on any atom is -0.497 e. The van der Waals surface area contributed by atoms with Gasteiger partial charge in [-0.05, 0) is 47.8 Å². The van der Waals surface area contributed by atoms with Gasteiger partial charge < -0.3 is 4.74 Å². The first-order chi connectivity index (χ1) is 17.9. The van der Waals surface area contributed by atoms with E-state index in [2.05, 4.69) is 0 Å². The van der Waals surface area contributed by atoms with Crippen LogP contribution in [0.5, 0.6) is 5.75 Å². The molecule has 2 bridgehead atoms. The van der Waals surface area contributed by atoms with Gasteiger partial charge in [-0.1, -0.05) is 80.1 Å². The minimum absolute atomic E-state index is 0.00143. The number of fused-ring (bicyclic) bond motifs is 5. The van der Waals surface area contributed by atoms with E-state index in [4.69, 9.17) is 4.74 Å². The summed E-state index contributed by atoms with van der Waals surface area (Å²) in [6.07, 6.45) is 1.22. The Morgan fingerprint density at radius 2 is 1.38 bits per heavy atom. The predicted molar refractivity (Wildman–Crippen MR) is 143 cm³/mol. The van der Waals surface area contributed by atoms with Crippen molar-refractivity contribution < 1.29 is 19.1 Å². The first-order valence-corrected chi connectivity index (χ1v) is 12.8. The molecule has 186 valence electrons. The maximum Gasteiger partial charge on any atom is 0.239 e. The Morgan fingerprint density at radius 1 is 0.784 bits per heavy atom. The molecule has 3 aromatic rings. The minimum atomic E-state index is -1.12. The van der Waals surface area contributed by atoms with Crippen molar-refractivity contribution >= 4 is 34.4 Å². The molecule has 0 radical (unpaired) electrons. The lowest BCUT2D eigenvalue weighted by Crippen LogP contribution is -2.41. The van der Waals surface area contributed by atoms with Gasteiger partial charge in [0.05, 0.1) is 35.5 Å². The zero-order valence-corrected chi connectivity index (χ0v) is 21.2. The van der Waals surface area contributed by atoms with E-state index < -0.39 is 22.7 Å². The molecule has 3 aromatic carbocycles. The van der Waals surface area contributed by atoms with Crippen LogP contribution in [0.3, 0.4) is 0 Å². The van der Waals surface area contributed by atoms with E-state index in [0.29, 0.717) is 24.3 Å². The average molecular weight is 492 g/mol. The standard InChI is InChI=1S/C32H29NO4/c1-4-18-32-25(21-14-9-6-10-15-21)24(20-12-7-5-8-13-20)31(2,30(32)36)26-27(32)29(35)33(28(26)34)22-16-11-17-23(19-22)37-3/h5-17,19,26-27H,4,18H2,1-3H3/t26-,27-,31+,32-/m1/s1. The van der Waals surface area contributed by atoms with Crippen molar-refractivity contribution in [1.29, 1.82) is 0 Å². The summed E-state index contributed by atoms with van der Waals surface area (Å²) in [4.78, 5) is 44.4. The number of rotatable bonds is 6. The Morgan fingerprint density at radius 3 is 1.97 bits per heavy atom. The average Bonchev–Trinajstić information content (AvgIpc) is 3.39. The highest BCUT2D eigenvalue weighted by molar-refractivity contribution is 6.34.